The van der Waals surface area contributed by atoms with Crippen molar-refractivity contribution >= 4 is 28.5 Å². The van der Waals surface area contributed by atoms with Crippen molar-refractivity contribution in [2.45, 2.75) is 46.6 Å². The Morgan fingerprint density at radius 2 is 2.15 bits per heavy atom. The van der Waals surface area contributed by atoms with Crippen molar-refractivity contribution in [3.05, 3.63) is 63.9 Å². The standard InChI is InChI=1S/C26H30N2O4S/c1-26(2,3)17-10-11-19-21(13-17)33-25(22(19)24(30)27-15-18-8-6-12-32-18)28-14-16-7-5-9-20(31-4)23(16)29/h5-9,12,14,17,29H,10-11,13,15H2,1-4H3,(H,27,30)/t17-/m0/s1. The average Bonchev–Trinajstić information content (AvgIpc) is 3.43. The number of carbonyl (C=O) groups is 1. The highest BCUT2D eigenvalue weighted by atomic mass is 32.1. The Bertz CT molecular complexity index is 1160. The van der Waals surface area contributed by atoms with Crippen LogP contribution in [0.5, 0.6) is 11.5 Å². The van der Waals surface area contributed by atoms with E-state index in [1.165, 1.54) is 12.0 Å². The zero-order valence-electron chi connectivity index (χ0n) is 19.5. The Morgan fingerprint density at radius 1 is 1.33 bits per heavy atom. The maximum Gasteiger partial charge on any atom is 0.255 e. The maximum atomic E-state index is 13.3. The van der Waals surface area contributed by atoms with E-state index in [0.29, 0.717) is 40.1 Å². The van der Waals surface area contributed by atoms with E-state index in [1.54, 1.807) is 48.1 Å². The Balaban J connectivity index is 1.68. The summed E-state index contributed by atoms with van der Waals surface area (Å²) in [7, 11) is 1.51. The van der Waals surface area contributed by atoms with Gasteiger partial charge in [0.05, 0.1) is 25.5 Å². The molecule has 174 valence electrons. The maximum absolute atomic E-state index is 13.3. The minimum absolute atomic E-state index is 0.0293. The summed E-state index contributed by atoms with van der Waals surface area (Å²) in [6.07, 6.45) is 6.04. The summed E-state index contributed by atoms with van der Waals surface area (Å²) in [5, 5.41) is 14.1. The fourth-order valence-corrected chi connectivity index (χ4v) is 5.51. The molecule has 1 aliphatic rings. The van der Waals surface area contributed by atoms with E-state index >= 15 is 0 Å². The highest BCUT2D eigenvalue weighted by molar-refractivity contribution is 7.16. The minimum atomic E-state index is -0.153. The molecule has 1 atom stereocenters. The van der Waals surface area contributed by atoms with Gasteiger partial charge in [0.1, 0.15) is 10.8 Å². The van der Waals surface area contributed by atoms with Crippen LogP contribution in [0.3, 0.4) is 0 Å². The molecule has 4 rings (SSSR count). The van der Waals surface area contributed by atoms with E-state index in [0.717, 1.165) is 24.8 Å². The van der Waals surface area contributed by atoms with E-state index < -0.39 is 0 Å². The lowest BCUT2D eigenvalue weighted by atomic mass is 9.72. The molecule has 2 N–H and O–H groups in total. The Morgan fingerprint density at radius 3 is 2.85 bits per heavy atom. The van der Waals surface area contributed by atoms with Crippen LogP contribution in [0.2, 0.25) is 0 Å². The van der Waals surface area contributed by atoms with Crippen molar-refractivity contribution in [2.24, 2.45) is 16.3 Å². The first-order chi connectivity index (χ1) is 15.8. The molecule has 6 nitrogen and oxygen atoms in total. The van der Waals surface area contributed by atoms with Gasteiger partial charge in [0.15, 0.2) is 11.5 Å². The summed E-state index contributed by atoms with van der Waals surface area (Å²) >= 11 is 1.57. The summed E-state index contributed by atoms with van der Waals surface area (Å²) in [6.45, 7) is 7.15. The largest absolute Gasteiger partial charge is 0.504 e. The van der Waals surface area contributed by atoms with Crippen LogP contribution < -0.4 is 10.1 Å². The number of amides is 1. The number of nitrogens with zero attached hydrogens (tertiary/aromatic N) is 1. The van der Waals surface area contributed by atoms with Gasteiger partial charge in [-0.2, -0.15) is 0 Å². The van der Waals surface area contributed by atoms with Crippen molar-refractivity contribution < 1.29 is 19.1 Å². The van der Waals surface area contributed by atoms with Crippen LogP contribution in [0.25, 0.3) is 0 Å². The summed E-state index contributed by atoms with van der Waals surface area (Å²) in [5.74, 6) is 1.52. The molecule has 33 heavy (non-hydrogen) atoms. The van der Waals surface area contributed by atoms with Gasteiger partial charge in [-0.05, 0) is 60.4 Å². The third kappa shape index (κ3) is 4.98. The van der Waals surface area contributed by atoms with Crippen molar-refractivity contribution in [3.8, 4) is 11.5 Å². The number of para-hydroxylation sites is 1. The van der Waals surface area contributed by atoms with Crippen LogP contribution in [0.1, 0.15) is 59.3 Å². The number of ether oxygens (including phenoxy) is 1. The van der Waals surface area contributed by atoms with Crippen LogP contribution in [0.4, 0.5) is 5.00 Å². The number of phenolic OH excluding ortho intramolecular Hbond substituents is 1. The zero-order chi connectivity index (χ0) is 23.6. The molecule has 0 saturated carbocycles. The number of hydrogen-bond acceptors (Lipinski definition) is 6. The number of aromatic hydroxyl groups is 1. The molecule has 0 bridgehead atoms. The lowest BCUT2D eigenvalue weighted by Crippen LogP contribution is -2.28. The molecule has 0 spiro atoms. The second kappa shape index (κ2) is 9.43. The Labute approximate surface area is 198 Å². The lowest BCUT2D eigenvalue weighted by Gasteiger charge is -2.33. The summed E-state index contributed by atoms with van der Waals surface area (Å²) in [6, 6.07) is 8.89. The molecular weight excluding hydrogens is 436 g/mol. The van der Waals surface area contributed by atoms with Crippen molar-refractivity contribution in [3.63, 3.8) is 0 Å². The smallest absolute Gasteiger partial charge is 0.255 e. The van der Waals surface area contributed by atoms with Crippen LogP contribution in [-0.4, -0.2) is 24.3 Å². The molecule has 0 unspecified atom stereocenters. The highest BCUT2D eigenvalue weighted by Gasteiger charge is 2.33. The first-order valence-electron chi connectivity index (χ1n) is 11.1. The van der Waals surface area contributed by atoms with E-state index in [2.05, 4.69) is 31.1 Å². The third-order valence-electron chi connectivity index (χ3n) is 6.27. The molecule has 0 saturated heterocycles. The van der Waals surface area contributed by atoms with Gasteiger partial charge in [-0.15, -0.1) is 11.3 Å². The molecule has 2 aromatic heterocycles. The summed E-state index contributed by atoms with van der Waals surface area (Å²) in [4.78, 5) is 19.2. The first-order valence-corrected chi connectivity index (χ1v) is 11.9. The first kappa shape index (κ1) is 23.1. The molecule has 0 radical (unpaired) electrons. The fraction of sp³-hybridized carbons (Fsp3) is 0.385. The molecule has 1 aromatic carbocycles. The van der Waals surface area contributed by atoms with Gasteiger partial charge in [0.2, 0.25) is 0 Å². The van der Waals surface area contributed by atoms with Gasteiger partial charge in [-0.1, -0.05) is 26.8 Å². The van der Waals surface area contributed by atoms with E-state index in [9.17, 15) is 9.90 Å². The number of fused-ring (bicyclic) bond motifs is 1. The number of hydrogen-bond donors (Lipinski definition) is 2. The second-order valence-electron chi connectivity index (χ2n) is 9.41. The van der Waals surface area contributed by atoms with Crippen molar-refractivity contribution in [1.29, 1.82) is 0 Å². The molecule has 7 heteroatoms. The Hall–Kier alpha value is -3.06. The van der Waals surface area contributed by atoms with Gasteiger partial charge in [-0.3, -0.25) is 4.79 Å². The summed E-state index contributed by atoms with van der Waals surface area (Å²) < 4.78 is 10.5. The highest BCUT2D eigenvalue weighted by Crippen LogP contribution is 2.45. The molecule has 0 fully saturated rings. The third-order valence-corrected chi connectivity index (χ3v) is 7.44. The molecule has 0 aliphatic heterocycles. The monoisotopic (exact) mass is 466 g/mol. The predicted octanol–water partition coefficient (Wildman–Crippen LogP) is 5.89. The molecule has 1 aliphatic carbocycles. The SMILES string of the molecule is COc1cccc(C=Nc2sc3c(c2C(=O)NCc2ccco2)CC[C@H](C(C)(C)C)C3)c1O. The number of phenols is 1. The van der Waals surface area contributed by atoms with E-state index in [4.69, 9.17) is 9.15 Å². The Kier molecular flexibility index (Phi) is 6.61. The number of rotatable bonds is 6. The van der Waals surface area contributed by atoms with Gasteiger partial charge < -0.3 is 19.6 Å². The number of methoxy groups -OCH3 is 1. The van der Waals surface area contributed by atoms with Crippen LogP contribution in [-0.2, 0) is 19.4 Å². The van der Waals surface area contributed by atoms with Gasteiger partial charge >= 0.3 is 0 Å². The van der Waals surface area contributed by atoms with Gasteiger partial charge in [0.25, 0.3) is 5.91 Å². The van der Waals surface area contributed by atoms with Crippen LogP contribution >= 0.6 is 11.3 Å². The number of aliphatic imine (C=N–C) groups is 1. The number of benzene rings is 1. The topological polar surface area (TPSA) is 84.1 Å². The fourth-order valence-electron chi connectivity index (χ4n) is 4.24. The van der Waals surface area contributed by atoms with Crippen LogP contribution in [0, 0.1) is 11.3 Å². The molecule has 1 amide bonds. The van der Waals surface area contributed by atoms with E-state index in [1.807, 2.05) is 6.07 Å². The van der Waals surface area contributed by atoms with Crippen molar-refractivity contribution in [1.82, 2.24) is 5.32 Å². The quantitative estimate of drug-likeness (QED) is 0.444. The van der Waals surface area contributed by atoms with E-state index in [-0.39, 0.29) is 17.1 Å². The average molecular weight is 467 g/mol. The van der Waals surface area contributed by atoms with Gasteiger partial charge in [-0.25, -0.2) is 4.99 Å². The predicted molar refractivity (Wildman–Crippen MR) is 131 cm³/mol. The molecule has 2 heterocycles. The molecular formula is C26H30N2O4S. The minimum Gasteiger partial charge on any atom is -0.504 e. The van der Waals surface area contributed by atoms with Crippen molar-refractivity contribution in [2.75, 3.05) is 7.11 Å². The molecule has 3 aromatic rings. The van der Waals surface area contributed by atoms with Gasteiger partial charge in [0, 0.05) is 16.7 Å². The van der Waals surface area contributed by atoms with Crippen LogP contribution in [0.15, 0.2) is 46.0 Å². The number of thiophene rings is 1. The number of furan rings is 1. The lowest BCUT2D eigenvalue weighted by molar-refractivity contribution is 0.0947. The zero-order valence-corrected chi connectivity index (χ0v) is 20.3. The number of nitrogens with one attached hydrogen (secondary N) is 1. The normalized spacial score (nSPS) is 16.1. The summed E-state index contributed by atoms with van der Waals surface area (Å²) in [5.41, 5.74) is 2.47. The second-order valence-corrected chi connectivity index (χ2v) is 10.5. The number of carbonyl (C=O) groups excluding carboxylic acids is 1.